The smallest absolute Gasteiger partial charge is 0.120 e. The van der Waals surface area contributed by atoms with Gasteiger partial charge in [-0.15, -0.1) is 0 Å². The van der Waals surface area contributed by atoms with Gasteiger partial charge in [0.1, 0.15) is 6.29 Å². The molecule has 0 amide bonds. The summed E-state index contributed by atoms with van der Waals surface area (Å²) >= 11 is 0. The summed E-state index contributed by atoms with van der Waals surface area (Å²) in [6.07, 6.45) is 3.93. The van der Waals surface area contributed by atoms with Gasteiger partial charge in [-0.3, -0.25) is 0 Å². The molecule has 0 aromatic heterocycles. The van der Waals surface area contributed by atoms with E-state index in [0.29, 0.717) is 17.8 Å². The molecule has 1 nitrogen and oxygen atoms in total. The van der Waals surface area contributed by atoms with Crippen molar-refractivity contribution in [3.05, 3.63) is 0 Å². The van der Waals surface area contributed by atoms with Crippen molar-refractivity contribution < 1.29 is 4.79 Å². The van der Waals surface area contributed by atoms with E-state index in [1.807, 2.05) is 0 Å². The Labute approximate surface area is 70.2 Å². The number of carbonyl (C=O) groups is 1. The number of carbonyl (C=O) groups excluding carboxylic acids is 1. The molecule has 0 aliphatic heterocycles. The Balaban J connectivity index is 3.98. The Morgan fingerprint density at radius 2 is 2.00 bits per heavy atom. The molecule has 11 heavy (non-hydrogen) atoms. The van der Waals surface area contributed by atoms with Crippen molar-refractivity contribution >= 4 is 6.29 Å². The van der Waals surface area contributed by atoms with Crippen molar-refractivity contribution in [1.82, 2.24) is 0 Å². The molecular weight excluding hydrogens is 136 g/mol. The molecule has 0 fully saturated rings. The van der Waals surface area contributed by atoms with Crippen molar-refractivity contribution in [1.29, 1.82) is 0 Å². The third kappa shape index (κ3) is 3.04. The van der Waals surface area contributed by atoms with Crippen molar-refractivity contribution in [2.75, 3.05) is 0 Å². The average molecular weight is 156 g/mol. The van der Waals surface area contributed by atoms with Crippen LogP contribution in [0.3, 0.4) is 0 Å². The van der Waals surface area contributed by atoms with Crippen LogP contribution in [0.4, 0.5) is 0 Å². The molecule has 0 aromatic rings. The monoisotopic (exact) mass is 156 g/mol. The van der Waals surface area contributed by atoms with Crippen molar-refractivity contribution in [3.8, 4) is 0 Å². The van der Waals surface area contributed by atoms with E-state index < -0.39 is 0 Å². The van der Waals surface area contributed by atoms with E-state index in [1.165, 1.54) is 6.42 Å². The molecule has 0 radical (unpaired) electrons. The molecule has 0 rings (SSSR count). The first-order chi connectivity index (χ1) is 5.06. The molecule has 0 spiro atoms. The van der Waals surface area contributed by atoms with Crippen LogP contribution in [0.1, 0.15) is 47.0 Å². The van der Waals surface area contributed by atoms with Crippen LogP contribution in [-0.4, -0.2) is 6.29 Å². The Kier molecular flexibility index (Phi) is 4.39. The zero-order chi connectivity index (χ0) is 8.91. The van der Waals surface area contributed by atoms with Gasteiger partial charge in [0.25, 0.3) is 0 Å². The van der Waals surface area contributed by atoms with Gasteiger partial charge >= 0.3 is 0 Å². The summed E-state index contributed by atoms with van der Waals surface area (Å²) in [4.78, 5) is 10.2. The van der Waals surface area contributed by atoms with E-state index in [0.717, 1.165) is 12.7 Å². The van der Waals surface area contributed by atoms with Gasteiger partial charge in [0.2, 0.25) is 0 Å². The van der Waals surface area contributed by atoms with E-state index in [1.54, 1.807) is 0 Å². The third-order valence-electron chi connectivity index (χ3n) is 3.03. The van der Waals surface area contributed by atoms with Crippen molar-refractivity contribution in [2.24, 2.45) is 11.3 Å². The Bertz CT molecular complexity index is 118. The highest BCUT2D eigenvalue weighted by Gasteiger charge is 2.24. The van der Waals surface area contributed by atoms with Gasteiger partial charge < -0.3 is 4.79 Å². The van der Waals surface area contributed by atoms with Crippen LogP contribution in [0.2, 0.25) is 0 Å². The van der Waals surface area contributed by atoms with Gasteiger partial charge in [-0.25, -0.2) is 0 Å². The zero-order valence-corrected chi connectivity index (χ0v) is 8.18. The van der Waals surface area contributed by atoms with E-state index >= 15 is 0 Å². The van der Waals surface area contributed by atoms with Gasteiger partial charge in [0.05, 0.1) is 0 Å². The van der Waals surface area contributed by atoms with Crippen LogP contribution in [0.25, 0.3) is 0 Å². The first kappa shape index (κ1) is 10.7. The highest BCUT2D eigenvalue weighted by molar-refractivity contribution is 5.49. The van der Waals surface area contributed by atoms with Crippen LogP contribution in [0.5, 0.6) is 0 Å². The standard InChI is InChI=1S/C10H20O/c1-5-10(4,9(2)3)7-6-8-11/h8-9H,5-7H2,1-4H3. The Morgan fingerprint density at radius 3 is 2.27 bits per heavy atom. The lowest BCUT2D eigenvalue weighted by molar-refractivity contribution is -0.108. The predicted octanol–water partition coefficient (Wildman–Crippen LogP) is 3.04. The summed E-state index contributed by atoms with van der Waals surface area (Å²) < 4.78 is 0. The normalized spacial score (nSPS) is 16.5. The SMILES string of the molecule is CCC(C)(CCC=O)C(C)C. The first-order valence-corrected chi connectivity index (χ1v) is 4.50. The Morgan fingerprint density at radius 1 is 1.45 bits per heavy atom. The van der Waals surface area contributed by atoms with Crippen molar-refractivity contribution in [3.63, 3.8) is 0 Å². The van der Waals surface area contributed by atoms with E-state index in [4.69, 9.17) is 0 Å². The molecule has 1 heteroatoms. The summed E-state index contributed by atoms with van der Waals surface area (Å²) in [5.41, 5.74) is 0.362. The second kappa shape index (κ2) is 4.53. The number of hydrogen-bond donors (Lipinski definition) is 0. The molecule has 0 saturated carbocycles. The minimum atomic E-state index is 0.362. The fraction of sp³-hybridized carbons (Fsp3) is 0.900. The lowest BCUT2D eigenvalue weighted by Crippen LogP contribution is -2.22. The maximum absolute atomic E-state index is 10.2. The molecule has 0 aromatic carbocycles. The number of rotatable bonds is 5. The van der Waals surface area contributed by atoms with Crippen LogP contribution >= 0.6 is 0 Å². The fourth-order valence-electron chi connectivity index (χ4n) is 1.26. The van der Waals surface area contributed by atoms with Gasteiger partial charge in [-0.1, -0.05) is 34.1 Å². The summed E-state index contributed by atoms with van der Waals surface area (Å²) in [5.74, 6) is 0.674. The lowest BCUT2D eigenvalue weighted by atomic mass is 9.74. The van der Waals surface area contributed by atoms with Gasteiger partial charge in [-0.2, -0.15) is 0 Å². The molecule has 0 N–H and O–H groups in total. The molecule has 0 aliphatic rings. The molecule has 0 bridgehead atoms. The molecular formula is C10H20O. The highest BCUT2D eigenvalue weighted by atomic mass is 16.1. The topological polar surface area (TPSA) is 17.1 Å². The quantitative estimate of drug-likeness (QED) is 0.559. The highest BCUT2D eigenvalue weighted by Crippen LogP contribution is 2.35. The predicted molar refractivity (Wildman–Crippen MR) is 48.5 cm³/mol. The summed E-state index contributed by atoms with van der Waals surface area (Å²) in [6, 6.07) is 0. The van der Waals surface area contributed by atoms with E-state index in [2.05, 4.69) is 27.7 Å². The molecule has 0 aliphatic carbocycles. The van der Waals surface area contributed by atoms with Crippen molar-refractivity contribution in [2.45, 2.75) is 47.0 Å². The summed E-state index contributed by atoms with van der Waals surface area (Å²) in [6.45, 7) is 8.93. The van der Waals surface area contributed by atoms with E-state index in [9.17, 15) is 4.79 Å². The summed E-state index contributed by atoms with van der Waals surface area (Å²) in [5, 5.41) is 0. The van der Waals surface area contributed by atoms with Crippen LogP contribution < -0.4 is 0 Å². The summed E-state index contributed by atoms with van der Waals surface area (Å²) in [7, 11) is 0. The lowest BCUT2D eigenvalue weighted by Gasteiger charge is -2.32. The second-order valence-electron chi connectivity index (χ2n) is 3.87. The van der Waals surface area contributed by atoms with Gasteiger partial charge in [0.15, 0.2) is 0 Å². The van der Waals surface area contributed by atoms with Gasteiger partial charge in [0, 0.05) is 6.42 Å². The number of aldehydes is 1. The minimum absolute atomic E-state index is 0.362. The third-order valence-corrected chi connectivity index (χ3v) is 3.03. The maximum atomic E-state index is 10.2. The minimum Gasteiger partial charge on any atom is -0.303 e. The Hall–Kier alpha value is -0.330. The number of hydrogen-bond acceptors (Lipinski definition) is 1. The molecule has 1 atom stereocenters. The molecule has 66 valence electrons. The maximum Gasteiger partial charge on any atom is 0.120 e. The van der Waals surface area contributed by atoms with E-state index in [-0.39, 0.29) is 0 Å². The van der Waals surface area contributed by atoms with Crippen LogP contribution in [-0.2, 0) is 4.79 Å². The average Bonchev–Trinajstić information content (AvgIpc) is 2.00. The van der Waals surface area contributed by atoms with Crippen LogP contribution in [0.15, 0.2) is 0 Å². The molecule has 0 heterocycles. The van der Waals surface area contributed by atoms with Gasteiger partial charge in [-0.05, 0) is 17.8 Å². The van der Waals surface area contributed by atoms with Crippen LogP contribution in [0, 0.1) is 11.3 Å². The molecule has 1 unspecified atom stereocenters. The zero-order valence-electron chi connectivity index (χ0n) is 8.18. The largest absolute Gasteiger partial charge is 0.303 e. The fourth-order valence-corrected chi connectivity index (χ4v) is 1.26. The molecule has 0 saturated heterocycles. The second-order valence-corrected chi connectivity index (χ2v) is 3.87. The first-order valence-electron chi connectivity index (χ1n) is 4.50.